The van der Waals surface area contributed by atoms with Gasteiger partial charge in [0.25, 0.3) is 0 Å². The first-order valence-electron chi connectivity index (χ1n) is 5.15. The minimum Gasteiger partial charge on any atom is -0.494 e. The van der Waals surface area contributed by atoms with Crippen LogP contribution in [0.4, 0.5) is 0 Å². The first-order chi connectivity index (χ1) is 7.86. The van der Waals surface area contributed by atoms with Crippen LogP contribution in [0.2, 0.25) is 0 Å². The molecule has 0 aliphatic carbocycles. The molecule has 0 aromatic heterocycles. The van der Waals surface area contributed by atoms with E-state index in [1.807, 2.05) is 53.6 Å². The molecule has 80 valence electrons. The Morgan fingerprint density at radius 3 is 2.69 bits per heavy atom. The van der Waals surface area contributed by atoms with Gasteiger partial charge in [0, 0.05) is 6.20 Å². The number of rotatable bonds is 1. The molecular formula is C13H11NOS. The van der Waals surface area contributed by atoms with E-state index in [1.165, 1.54) is 0 Å². The number of benzene rings is 1. The molecule has 0 saturated heterocycles. The molecule has 0 spiro atoms. The van der Waals surface area contributed by atoms with Crippen molar-refractivity contribution >= 4 is 16.7 Å². The maximum atomic E-state index is 10.1. The highest BCUT2D eigenvalue weighted by molar-refractivity contribution is 8.09. The van der Waals surface area contributed by atoms with Gasteiger partial charge < -0.3 is 10.0 Å². The van der Waals surface area contributed by atoms with Crippen LogP contribution in [-0.4, -0.2) is 15.4 Å². The Morgan fingerprint density at radius 1 is 1.12 bits per heavy atom. The Kier molecular flexibility index (Phi) is 2.26. The summed E-state index contributed by atoms with van der Waals surface area (Å²) in [4.78, 5) is 2.83. The molecule has 2 aliphatic rings. The predicted molar refractivity (Wildman–Crippen MR) is 67.5 cm³/mol. The molecule has 3 heteroatoms. The molecule has 0 fully saturated rings. The second kappa shape index (κ2) is 3.76. The Balaban J connectivity index is 2.01. The van der Waals surface area contributed by atoms with E-state index < -0.39 is 0 Å². The van der Waals surface area contributed by atoms with Gasteiger partial charge in [-0.1, -0.05) is 54.2 Å². The standard InChI is InChI=1S/C13H11NOS/c15-13-12(10-6-2-1-3-7-10)16-11-8-4-5-9-14(11)13/h1-9,11,15H. The van der Waals surface area contributed by atoms with Crippen molar-refractivity contribution in [3.8, 4) is 0 Å². The summed E-state index contributed by atoms with van der Waals surface area (Å²) in [6.45, 7) is 0. The molecule has 1 aromatic carbocycles. The minimum absolute atomic E-state index is 0.195. The molecule has 0 saturated carbocycles. The van der Waals surface area contributed by atoms with Crippen molar-refractivity contribution in [2.75, 3.05) is 0 Å². The number of hydrogen-bond acceptors (Lipinski definition) is 3. The summed E-state index contributed by atoms with van der Waals surface area (Å²) in [5.74, 6) is 0.349. The molecule has 2 nitrogen and oxygen atoms in total. The lowest BCUT2D eigenvalue weighted by Crippen LogP contribution is -2.22. The fourth-order valence-corrected chi connectivity index (χ4v) is 3.02. The van der Waals surface area contributed by atoms with E-state index in [1.54, 1.807) is 11.8 Å². The zero-order valence-corrected chi connectivity index (χ0v) is 9.39. The van der Waals surface area contributed by atoms with Gasteiger partial charge in [0.05, 0.1) is 4.91 Å². The van der Waals surface area contributed by atoms with Gasteiger partial charge in [-0.05, 0) is 11.6 Å². The number of nitrogens with zero attached hydrogens (tertiary/aromatic N) is 1. The summed E-state index contributed by atoms with van der Waals surface area (Å²) >= 11 is 1.67. The van der Waals surface area contributed by atoms with Crippen LogP contribution in [-0.2, 0) is 0 Å². The molecule has 0 radical (unpaired) electrons. The number of hydrogen-bond donors (Lipinski definition) is 1. The van der Waals surface area contributed by atoms with E-state index in [2.05, 4.69) is 6.08 Å². The van der Waals surface area contributed by atoms with Crippen LogP contribution >= 0.6 is 11.8 Å². The number of thioether (sulfide) groups is 1. The van der Waals surface area contributed by atoms with Crippen molar-refractivity contribution in [2.45, 2.75) is 5.37 Å². The number of aliphatic hydroxyl groups excluding tert-OH is 1. The Morgan fingerprint density at radius 2 is 1.94 bits per heavy atom. The van der Waals surface area contributed by atoms with Crippen molar-refractivity contribution in [1.29, 1.82) is 0 Å². The molecule has 1 aromatic rings. The van der Waals surface area contributed by atoms with Crippen molar-refractivity contribution in [2.24, 2.45) is 0 Å². The van der Waals surface area contributed by atoms with Crippen molar-refractivity contribution < 1.29 is 5.11 Å². The number of fused-ring (bicyclic) bond motifs is 1. The van der Waals surface area contributed by atoms with Crippen LogP contribution in [0.5, 0.6) is 0 Å². The van der Waals surface area contributed by atoms with E-state index in [9.17, 15) is 5.11 Å². The summed E-state index contributed by atoms with van der Waals surface area (Å²) in [6, 6.07) is 9.99. The van der Waals surface area contributed by atoms with Gasteiger partial charge in [-0.25, -0.2) is 0 Å². The lowest BCUT2D eigenvalue weighted by atomic mass is 10.2. The first-order valence-corrected chi connectivity index (χ1v) is 6.03. The Bertz CT molecular complexity index is 490. The van der Waals surface area contributed by atoms with Crippen LogP contribution in [0.15, 0.2) is 60.6 Å². The van der Waals surface area contributed by atoms with E-state index >= 15 is 0 Å². The van der Waals surface area contributed by atoms with Crippen molar-refractivity contribution in [3.63, 3.8) is 0 Å². The lowest BCUT2D eigenvalue weighted by molar-refractivity contribution is 0.267. The summed E-state index contributed by atoms with van der Waals surface area (Å²) in [7, 11) is 0. The van der Waals surface area contributed by atoms with Crippen molar-refractivity contribution in [1.82, 2.24) is 4.90 Å². The van der Waals surface area contributed by atoms with Crippen LogP contribution in [0.25, 0.3) is 4.91 Å². The fraction of sp³-hybridized carbons (Fsp3) is 0.0769. The van der Waals surface area contributed by atoms with Gasteiger partial charge in [0.15, 0.2) is 0 Å². The van der Waals surface area contributed by atoms with Gasteiger partial charge >= 0.3 is 0 Å². The molecular weight excluding hydrogens is 218 g/mol. The molecule has 16 heavy (non-hydrogen) atoms. The topological polar surface area (TPSA) is 23.5 Å². The zero-order chi connectivity index (χ0) is 11.0. The van der Waals surface area contributed by atoms with Crippen molar-refractivity contribution in [3.05, 3.63) is 66.2 Å². The molecule has 1 atom stereocenters. The number of aliphatic hydroxyl groups is 1. The van der Waals surface area contributed by atoms with Gasteiger partial charge in [0.1, 0.15) is 5.37 Å². The van der Waals surface area contributed by atoms with Gasteiger partial charge in [-0.3, -0.25) is 0 Å². The predicted octanol–water partition coefficient (Wildman–Crippen LogP) is 3.33. The Labute approximate surface area is 98.6 Å². The lowest BCUT2D eigenvalue weighted by Gasteiger charge is -2.20. The van der Waals surface area contributed by atoms with Gasteiger partial charge in [-0.15, -0.1) is 0 Å². The highest BCUT2D eigenvalue weighted by atomic mass is 32.2. The van der Waals surface area contributed by atoms with E-state index in [4.69, 9.17) is 0 Å². The van der Waals surface area contributed by atoms with E-state index in [-0.39, 0.29) is 5.37 Å². The average Bonchev–Trinajstić information content (AvgIpc) is 2.69. The average molecular weight is 229 g/mol. The normalized spacial score (nSPS) is 22.8. The second-order valence-corrected chi connectivity index (χ2v) is 4.79. The van der Waals surface area contributed by atoms with Gasteiger partial charge in [-0.2, -0.15) is 0 Å². The largest absolute Gasteiger partial charge is 0.494 e. The first kappa shape index (κ1) is 9.60. The van der Waals surface area contributed by atoms with E-state index in [0.29, 0.717) is 5.88 Å². The molecule has 1 N–H and O–H groups in total. The fourth-order valence-electron chi connectivity index (χ4n) is 1.84. The molecule has 2 heterocycles. The smallest absolute Gasteiger partial charge is 0.206 e. The summed E-state index contributed by atoms with van der Waals surface area (Å²) in [5, 5.41) is 10.3. The molecule has 0 bridgehead atoms. The monoisotopic (exact) mass is 229 g/mol. The highest BCUT2D eigenvalue weighted by Gasteiger charge is 2.31. The quantitative estimate of drug-likeness (QED) is 0.799. The molecule has 0 amide bonds. The molecule has 2 aliphatic heterocycles. The van der Waals surface area contributed by atoms with E-state index in [0.717, 1.165) is 10.5 Å². The SMILES string of the molecule is OC1=C(c2ccccc2)SC2C=CC=CN12. The summed E-state index contributed by atoms with van der Waals surface area (Å²) < 4.78 is 0. The molecule has 3 rings (SSSR count). The number of allylic oxidation sites excluding steroid dienone is 2. The second-order valence-electron chi connectivity index (χ2n) is 3.66. The van der Waals surface area contributed by atoms with Gasteiger partial charge in [0.2, 0.25) is 5.88 Å². The third-order valence-corrected chi connectivity index (χ3v) is 3.91. The summed E-state index contributed by atoms with van der Waals surface area (Å²) in [5.41, 5.74) is 1.07. The zero-order valence-electron chi connectivity index (χ0n) is 8.58. The van der Waals surface area contributed by atoms with Crippen LogP contribution in [0, 0.1) is 0 Å². The third-order valence-electron chi connectivity index (χ3n) is 2.63. The molecule has 1 unspecified atom stereocenters. The summed E-state index contributed by atoms with van der Waals surface area (Å²) in [6.07, 6.45) is 7.93. The Hall–Kier alpha value is -1.61. The van der Waals surface area contributed by atoms with Crippen LogP contribution in [0.3, 0.4) is 0 Å². The maximum Gasteiger partial charge on any atom is 0.206 e. The third kappa shape index (κ3) is 1.44. The maximum absolute atomic E-state index is 10.1. The van der Waals surface area contributed by atoms with Crippen LogP contribution in [0.1, 0.15) is 5.56 Å². The highest BCUT2D eigenvalue weighted by Crippen LogP contribution is 2.44. The minimum atomic E-state index is 0.195. The van der Waals surface area contributed by atoms with Crippen LogP contribution < -0.4 is 0 Å².